The molecule has 4 heteroatoms. The molecule has 0 amide bonds. The van der Waals surface area contributed by atoms with Crippen molar-refractivity contribution >= 4 is 35.1 Å². The van der Waals surface area contributed by atoms with Crippen LogP contribution in [0.15, 0.2) is 109 Å². The second-order valence-corrected chi connectivity index (χ2v) is 11.4. The van der Waals surface area contributed by atoms with Crippen LogP contribution >= 0.6 is 7.14 Å². The van der Waals surface area contributed by atoms with E-state index in [0.717, 1.165) is 51.0 Å². The molecule has 0 N–H and O–H groups in total. The molecule has 36 heavy (non-hydrogen) atoms. The SMILES string of the molecule is CCCCOC(=O)/C=C/c1cccc(C)c1-c1ccccc1P(=O)(c1ccccc1)c1ccccc1. The summed E-state index contributed by atoms with van der Waals surface area (Å²) >= 11 is 0. The van der Waals surface area contributed by atoms with Crippen molar-refractivity contribution in [2.75, 3.05) is 6.61 Å². The lowest BCUT2D eigenvalue weighted by atomic mass is 9.94. The quantitative estimate of drug-likeness (QED) is 0.113. The number of hydrogen-bond acceptors (Lipinski definition) is 3. The number of unbranched alkanes of at least 4 members (excludes halogenated alkanes) is 1. The lowest BCUT2D eigenvalue weighted by molar-refractivity contribution is -0.137. The van der Waals surface area contributed by atoms with Gasteiger partial charge < -0.3 is 9.30 Å². The van der Waals surface area contributed by atoms with E-state index >= 15 is 4.57 Å². The highest BCUT2D eigenvalue weighted by molar-refractivity contribution is 7.85. The molecule has 0 unspecified atom stereocenters. The lowest BCUT2D eigenvalue weighted by Crippen LogP contribution is -2.26. The van der Waals surface area contributed by atoms with Gasteiger partial charge in [0.25, 0.3) is 0 Å². The molecule has 182 valence electrons. The molecule has 0 bridgehead atoms. The van der Waals surface area contributed by atoms with Gasteiger partial charge >= 0.3 is 5.97 Å². The summed E-state index contributed by atoms with van der Waals surface area (Å²) in [5, 5.41) is 2.35. The number of carbonyl (C=O) groups is 1. The zero-order chi connectivity index (χ0) is 25.4. The van der Waals surface area contributed by atoms with E-state index in [1.54, 1.807) is 6.08 Å². The van der Waals surface area contributed by atoms with Crippen LogP contribution in [-0.2, 0) is 14.1 Å². The number of hydrogen-bond donors (Lipinski definition) is 0. The highest BCUT2D eigenvalue weighted by atomic mass is 31.2. The molecule has 0 heterocycles. The summed E-state index contributed by atoms with van der Waals surface area (Å²) < 4.78 is 20.5. The van der Waals surface area contributed by atoms with Crippen molar-refractivity contribution in [3.05, 3.63) is 120 Å². The third kappa shape index (κ3) is 5.42. The number of aryl methyl sites for hydroxylation is 1. The maximum absolute atomic E-state index is 15.2. The van der Waals surface area contributed by atoms with Gasteiger partial charge in [-0.2, -0.15) is 0 Å². The topological polar surface area (TPSA) is 43.4 Å². The molecular weight excluding hydrogens is 463 g/mol. The molecule has 0 radical (unpaired) electrons. The molecule has 3 nitrogen and oxygen atoms in total. The third-order valence-corrected chi connectivity index (χ3v) is 9.32. The Kier molecular flexibility index (Phi) is 8.36. The zero-order valence-corrected chi connectivity index (χ0v) is 21.7. The fourth-order valence-corrected chi connectivity index (χ4v) is 7.24. The normalized spacial score (nSPS) is 11.5. The Morgan fingerprint density at radius 2 is 1.42 bits per heavy atom. The van der Waals surface area contributed by atoms with Crippen molar-refractivity contribution in [2.45, 2.75) is 26.7 Å². The van der Waals surface area contributed by atoms with Gasteiger partial charge in [-0.15, -0.1) is 0 Å². The van der Waals surface area contributed by atoms with E-state index < -0.39 is 7.14 Å². The molecule has 0 saturated heterocycles. The van der Waals surface area contributed by atoms with Gasteiger partial charge in [0, 0.05) is 22.0 Å². The van der Waals surface area contributed by atoms with Crippen LogP contribution < -0.4 is 15.9 Å². The largest absolute Gasteiger partial charge is 0.463 e. The van der Waals surface area contributed by atoms with Crippen LogP contribution in [0.3, 0.4) is 0 Å². The molecular formula is C32H31O3P. The van der Waals surface area contributed by atoms with Crippen LogP contribution in [0, 0.1) is 6.92 Å². The number of carbonyl (C=O) groups excluding carboxylic acids is 1. The molecule has 0 aliphatic heterocycles. The van der Waals surface area contributed by atoms with Crippen molar-refractivity contribution < 1.29 is 14.1 Å². The Balaban J connectivity index is 1.88. The van der Waals surface area contributed by atoms with E-state index in [-0.39, 0.29) is 5.97 Å². The molecule has 4 aromatic rings. The summed E-state index contributed by atoms with van der Waals surface area (Å²) in [6.07, 6.45) is 5.09. The summed E-state index contributed by atoms with van der Waals surface area (Å²) in [6, 6.07) is 33.2. The Bertz CT molecular complexity index is 1350. The van der Waals surface area contributed by atoms with Gasteiger partial charge in [-0.05, 0) is 41.7 Å². The van der Waals surface area contributed by atoms with Gasteiger partial charge in [0.2, 0.25) is 0 Å². The molecule has 4 rings (SSSR count). The minimum absolute atomic E-state index is 0.358. The first-order valence-electron chi connectivity index (χ1n) is 12.3. The fourth-order valence-electron chi connectivity index (χ4n) is 4.38. The van der Waals surface area contributed by atoms with Gasteiger partial charge in [0.1, 0.15) is 0 Å². The lowest BCUT2D eigenvalue weighted by Gasteiger charge is -2.24. The average molecular weight is 495 g/mol. The van der Waals surface area contributed by atoms with E-state index in [9.17, 15) is 4.79 Å². The second-order valence-electron chi connectivity index (χ2n) is 8.69. The Labute approximate surface area is 213 Å². The predicted molar refractivity (Wildman–Crippen MR) is 151 cm³/mol. The fraction of sp³-hybridized carbons (Fsp3) is 0.156. The van der Waals surface area contributed by atoms with E-state index in [0.29, 0.717) is 6.61 Å². The van der Waals surface area contributed by atoms with E-state index in [2.05, 4.69) is 6.92 Å². The van der Waals surface area contributed by atoms with Gasteiger partial charge in [-0.3, -0.25) is 0 Å². The van der Waals surface area contributed by atoms with Gasteiger partial charge in [-0.25, -0.2) is 4.79 Å². The monoisotopic (exact) mass is 494 g/mol. The molecule has 0 aliphatic rings. The standard InChI is InChI=1S/C32H31O3P/c1-3-4-24-35-31(33)23-22-26-15-13-14-25(2)32(26)29-20-11-12-21-30(29)36(34,27-16-7-5-8-17-27)28-18-9-6-10-19-28/h5-23H,3-4,24H2,1-2H3/b23-22+. The van der Waals surface area contributed by atoms with Crippen molar-refractivity contribution in [3.63, 3.8) is 0 Å². The van der Waals surface area contributed by atoms with Crippen LogP contribution in [0.2, 0.25) is 0 Å². The van der Waals surface area contributed by atoms with Crippen LogP contribution in [0.25, 0.3) is 17.2 Å². The summed E-state index contributed by atoms with van der Waals surface area (Å²) in [4.78, 5) is 12.3. The Morgan fingerprint density at radius 1 is 0.806 bits per heavy atom. The van der Waals surface area contributed by atoms with Crippen LogP contribution in [0.5, 0.6) is 0 Å². The maximum Gasteiger partial charge on any atom is 0.330 e. The van der Waals surface area contributed by atoms with Crippen molar-refractivity contribution in [1.29, 1.82) is 0 Å². The highest BCUT2D eigenvalue weighted by Gasteiger charge is 2.32. The smallest absolute Gasteiger partial charge is 0.330 e. The number of ether oxygens (including phenoxy) is 1. The molecule has 0 aliphatic carbocycles. The zero-order valence-electron chi connectivity index (χ0n) is 20.8. The average Bonchev–Trinajstić information content (AvgIpc) is 2.92. The van der Waals surface area contributed by atoms with Gasteiger partial charge in [-0.1, -0.05) is 116 Å². The van der Waals surface area contributed by atoms with Crippen molar-refractivity contribution in [2.24, 2.45) is 0 Å². The minimum atomic E-state index is -3.19. The van der Waals surface area contributed by atoms with Crippen LogP contribution in [0.1, 0.15) is 30.9 Å². The predicted octanol–water partition coefficient (Wildman–Crippen LogP) is 6.66. The van der Waals surface area contributed by atoms with Crippen LogP contribution in [0.4, 0.5) is 0 Å². The Morgan fingerprint density at radius 3 is 2.06 bits per heavy atom. The maximum atomic E-state index is 15.2. The molecule has 0 spiro atoms. The molecule has 4 aromatic carbocycles. The highest BCUT2D eigenvalue weighted by Crippen LogP contribution is 2.46. The Hall–Kier alpha value is -3.68. The van der Waals surface area contributed by atoms with E-state index in [1.807, 2.05) is 110 Å². The summed E-state index contributed by atoms with van der Waals surface area (Å²) in [7, 11) is -3.19. The summed E-state index contributed by atoms with van der Waals surface area (Å²) in [6.45, 7) is 4.52. The number of esters is 1. The second kappa shape index (κ2) is 11.8. The van der Waals surface area contributed by atoms with Crippen LogP contribution in [-0.4, -0.2) is 12.6 Å². The van der Waals surface area contributed by atoms with Crippen molar-refractivity contribution in [1.82, 2.24) is 0 Å². The third-order valence-electron chi connectivity index (χ3n) is 6.20. The van der Waals surface area contributed by atoms with Crippen molar-refractivity contribution in [3.8, 4) is 11.1 Å². The number of rotatable bonds is 9. The molecule has 0 aromatic heterocycles. The van der Waals surface area contributed by atoms with E-state index in [4.69, 9.17) is 4.74 Å². The minimum Gasteiger partial charge on any atom is -0.463 e. The molecule has 0 atom stereocenters. The first kappa shape index (κ1) is 25.4. The summed E-state index contributed by atoms with van der Waals surface area (Å²) in [5.41, 5.74) is 3.77. The first-order valence-corrected chi connectivity index (χ1v) is 14.0. The van der Waals surface area contributed by atoms with Gasteiger partial charge in [0.15, 0.2) is 7.14 Å². The van der Waals surface area contributed by atoms with E-state index in [1.165, 1.54) is 6.08 Å². The molecule has 0 saturated carbocycles. The van der Waals surface area contributed by atoms with Gasteiger partial charge in [0.05, 0.1) is 6.61 Å². The molecule has 0 fully saturated rings. The first-order chi connectivity index (χ1) is 17.6. The number of benzene rings is 4. The summed E-state index contributed by atoms with van der Waals surface area (Å²) in [5.74, 6) is -0.358.